The molecular weight excluding hydrogens is 256 g/mol. The molecule has 106 valence electrons. The van der Waals surface area contributed by atoms with Crippen molar-refractivity contribution in [2.75, 3.05) is 20.8 Å². The smallest absolute Gasteiger partial charge is 0.161 e. The molecule has 2 aromatic rings. The third kappa shape index (κ3) is 2.34. The average molecular weight is 274 g/mol. The van der Waals surface area contributed by atoms with E-state index in [9.17, 15) is 0 Å². The first-order valence-corrected chi connectivity index (χ1v) is 6.64. The minimum absolute atomic E-state index is 0.740. The maximum absolute atomic E-state index is 5.33. The van der Waals surface area contributed by atoms with Crippen LogP contribution in [-0.2, 0) is 19.5 Å². The topological polar surface area (TPSA) is 61.2 Å². The molecule has 1 aromatic carbocycles. The van der Waals surface area contributed by atoms with Crippen LogP contribution in [0.1, 0.15) is 17.2 Å². The van der Waals surface area contributed by atoms with Crippen LogP contribution < -0.4 is 14.8 Å². The SMILES string of the molecule is COc1ccc(Cc2nnc3n2CCNC3)cc1OC. The van der Waals surface area contributed by atoms with Crippen molar-refractivity contribution >= 4 is 0 Å². The second-order valence-electron chi connectivity index (χ2n) is 4.73. The van der Waals surface area contributed by atoms with Gasteiger partial charge in [-0.15, -0.1) is 10.2 Å². The molecule has 0 aliphatic carbocycles. The molecule has 1 aromatic heterocycles. The van der Waals surface area contributed by atoms with Crippen LogP contribution >= 0.6 is 0 Å². The Balaban J connectivity index is 1.86. The van der Waals surface area contributed by atoms with Crippen LogP contribution in [0.2, 0.25) is 0 Å². The largest absolute Gasteiger partial charge is 0.493 e. The van der Waals surface area contributed by atoms with Crippen molar-refractivity contribution in [3.63, 3.8) is 0 Å². The lowest BCUT2D eigenvalue weighted by atomic mass is 10.1. The first-order chi connectivity index (χ1) is 9.81. The Labute approximate surface area is 117 Å². The molecule has 2 heterocycles. The fraction of sp³-hybridized carbons (Fsp3) is 0.429. The van der Waals surface area contributed by atoms with Crippen LogP contribution in [0.3, 0.4) is 0 Å². The molecule has 1 N–H and O–H groups in total. The summed E-state index contributed by atoms with van der Waals surface area (Å²) in [7, 11) is 3.28. The van der Waals surface area contributed by atoms with E-state index in [1.165, 1.54) is 0 Å². The number of ether oxygens (including phenoxy) is 2. The predicted molar refractivity (Wildman–Crippen MR) is 74.1 cm³/mol. The Bertz CT molecular complexity index is 609. The van der Waals surface area contributed by atoms with E-state index in [-0.39, 0.29) is 0 Å². The molecule has 0 spiro atoms. The zero-order valence-corrected chi connectivity index (χ0v) is 11.7. The number of benzene rings is 1. The summed E-state index contributed by atoms with van der Waals surface area (Å²) in [5.41, 5.74) is 1.14. The molecule has 0 radical (unpaired) electrons. The van der Waals surface area contributed by atoms with Gasteiger partial charge in [-0.3, -0.25) is 0 Å². The van der Waals surface area contributed by atoms with Crippen LogP contribution in [0.4, 0.5) is 0 Å². The fourth-order valence-corrected chi connectivity index (χ4v) is 2.46. The summed E-state index contributed by atoms with van der Waals surface area (Å²) in [6, 6.07) is 5.94. The highest BCUT2D eigenvalue weighted by atomic mass is 16.5. The molecule has 0 amide bonds. The predicted octanol–water partition coefficient (Wildman–Crippen LogP) is 0.989. The number of rotatable bonds is 4. The molecule has 0 atom stereocenters. The Morgan fingerprint density at radius 1 is 1.20 bits per heavy atom. The number of nitrogens with one attached hydrogen (secondary N) is 1. The van der Waals surface area contributed by atoms with Gasteiger partial charge in [0.25, 0.3) is 0 Å². The summed E-state index contributed by atoms with van der Waals surface area (Å²) in [4.78, 5) is 0. The van der Waals surface area contributed by atoms with E-state index in [4.69, 9.17) is 9.47 Å². The molecular formula is C14H18N4O2. The molecule has 1 aliphatic rings. The number of hydrogen-bond donors (Lipinski definition) is 1. The molecule has 0 unspecified atom stereocenters. The van der Waals surface area contributed by atoms with Gasteiger partial charge < -0.3 is 19.4 Å². The first-order valence-electron chi connectivity index (χ1n) is 6.64. The van der Waals surface area contributed by atoms with E-state index >= 15 is 0 Å². The number of aromatic nitrogens is 3. The Morgan fingerprint density at radius 3 is 2.85 bits per heavy atom. The van der Waals surface area contributed by atoms with Crippen LogP contribution in [0.5, 0.6) is 11.5 Å². The first kappa shape index (κ1) is 12.9. The zero-order chi connectivity index (χ0) is 13.9. The van der Waals surface area contributed by atoms with E-state index in [1.807, 2.05) is 18.2 Å². The lowest BCUT2D eigenvalue weighted by molar-refractivity contribution is 0.354. The minimum Gasteiger partial charge on any atom is -0.493 e. The van der Waals surface area contributed by atoms with Gasteiger partial charge in [-0.05, 0) is 17.7 Å². The molecule has 0 bridgehead atoms. The van der Waals surface area contributed by atoms with E-state index in [2.05, 4.69) is 20.1 Å². The molecule has 6 nitrogen and oxygen atoms in total. The quantitative estimate of drug-likeness (QED) is 0.901. The molecule has 20 heavy (non-hydrogen) atoms. The van der Waals surface area contributed by atoms with E-state index in [0.717, 1.165) is 54.8 Å². The van der Waals surface area contributed by atoms with Crippen molar-refractivity contribution in [3.05, 3.63) is 35.4 Å². The van der Waals surface area contributed by atoms with E-state index < -0.39 is 0 Å². The molecule has 1 aliphatic heterocycles. The van der Waals surface area contributed by atoms with Gasteiger partial charge in [0.2, 0.25) is 0 Å². The van der Waals surface area contributed by atoms with Gasteiger partial charge in [0.1, 0.15) is 11.6 Å². The van der Waals surface area contributed by atoms with Crippen LogP contribution in [0.25, 0.3) is 0 Å². The van der Waals surface area contributed by atoms with Crippen LogP contribution in [0, 0.1) is 0 Å². The maximum Gasteiger partial charge on any atom is 0.161 e. The van der Waals surface area contributed by atoms with Crippen LogP contribution in [0.15, 0.2) is 18.2 Å². The van der Waals surface area contributed by atoms with Gasteiger partial charge in [0.05, 0.1) is 20.8 Å². The Hall–Kier alpha value is -2.08. The number of hydrogen-bond acceptors (Lipinski definition) is 5. The van der Waals surface area contributed by atoms with E-state index in [1.54, 1.807) is 14.2 Å². The van der Waals surface area contributed by atoms with Gasteiger partial charge in [-0.2, -0.15) is 0 Å². The zero-order valence-electron chi connectivity index (χ0n) is 11.7. The summed E-state index contributed by atoms with van der Waals surface area (Å²) in [6.07, 6.45) is 0.743. The van der Waals surface area contributed by atoms with Crippen molar-refractivity contribution in [1.29, 1.82) is 0 Å². The van der Waals surface area contributed by atoms with Crippen molar-refractivity contribution < 1.29 is 9.47 Å². The van der Waals surface area contributed by atoms with Crippen LogP contribution in [-0.4, -0.2) is 35.5 Å². The Morgan fingerprint density at radius 2 is 2.05 bits per heavy atom. The summed E-state index contributed by atoms with van der Waals surface area (Å²) >= 11 is 0. The lowest BCUT2D eigenvalue weighted by Crippen LogP contribution is -2.29. The molecule has 6 heteroatoms. The van der Waals surface area contributed by atoms with E-state index in [0.29, 0.717) is 0 Å². The Kier molecular flexibility index (Phi) is 3.56. The van der Waals surface area contributed by atoms with Crippen molar-refractivity contribution in [2.45, 2.75) is 19.5 Å². The number of methoxy groups -OCH3 is 2. The minimum atomic E-state index is 0.740. The van der Waals surface area contributed by atoms with Gasteiger partial charge >= 0.3 is 0 Å². The van der Waals surface area contributed by atoms with Crippen molar-refractivity contribution in [2.24, 2.45) is 0 Å². The normalized spacial score (nSPS) is 13.9. The average Bonchev–Trinajstić information content (AvgIpc) is 2.90. The molecule has 3 rings (SSSR count). The highest BCUT2D eigenvalue weighted by Crippen LogP contribution is 2.28. The van der Waals surface area contributed by atoms with Crippen molar-refractivity contribution in [1.82, 2.24) is 20.1 Å². The van der Waals surface area contributed by atoms with Gasteiger partial charge in [-0.25, -0.2) is 0 Å². The third-order valence-electron chi connectivity index (χ3n) is 3.51. The van der Waals surface area contributed by atoms with Gasteiger partial charge in [0, 0.05) is 19.5 Å². The molecule has 0 fully saturated rings. The second-order valence-corrected chi connectivity index (χ2v) is 4.73. The number of nitrogens with zero attached hydrogens (tertiary/aromatic N) is 3. The van der Waals surface area contributed by atoms with Gasteiger partial charge in [0.15, 0.2) is 11.5 Å². The summed E-state index contributed by atoms with van der Waals surface area (Å²) < 4.78 is 12.8. The third-order valence-corrected chi connectivity index (χ3v) is 3.51. The van der Waals surface area contributed by atoms with Gasteiger partial charge in [-0.1, -0.05) is 6.07 Å². The standard InChI is InChI=1S/C14H18N4O2/c1-19-11-4-3-10(7-12(11)20-2)8-13-16-17-14-9-15-5-6-18(13)14/h3-4,7,15H,5-6,8-9H2,1-2H3. The highest BCUT2D eigenvalue weighted by molar-refractivity contribution is 5.43. The number of fused-ring (bicyclic) bond motifs is 1. The maximum atomic E-state index is 5.33. The molecule has 0 saturated heterocycles. The highest BCUT2D eigenvalue weighted by Gasteiger charge is 2.16. The van der Waals surface area contributed by atoms with Crippen molar-refractivity contribution in [3.8, 4) is 11.5 Å². The summed E-state index contributed by atoms with van der Waals surface area (Å²) in [6.45, 7) is 2.67. The monoisotopic (exact) mass is 274 g/mol. The molecule has 0 saturated carbocycles. The summed E-state index contributed by atoms with van der Waals surface area (Å²) in [5, 5.41) is 11.8. The lowest BCUT2D eigenvalue weighted by Gasteiger charge is -2.16. The fourth-order valence-electron chi connectivity index (χ4n) is 2.46. The summed E-state index contributed by atoms with van der Waals surface area (Å²) in [5.74, 6) is 3.48. The second kappa shape index (κ2) is 5.50.